The number of hydrogen-bond acceptors (Lipinski definition) is 2. The molecule has 3 nitrogen and oxygen atoms in total. The number of hydrogen-bond donors (Lipinski definition) is 1. The molecule has 2 rings (SSSR count). The number of nitrogens with two attached hydrogens (primary N) is 1. The number of rotatable bonds is 1. The van der Waals surface area contributed by atoms with Crippen LogP contribution in [0.2, 0.25) is 0 Å². The van der Waals surface area contributed by atoms with Crippen LogP contribution in [0.15, 0.2) is 18.2 Å². The number of nitriles is 1. The summed E-state index contributed by atoms with van der Waals surface area (Å²) in [5, 5.41) is 9.02. The largest absolute Gasteiger partial charge is 0.416 e. The number of nitrogens with zero attached hydrogens (tertiary/aromatic N) is 2. The highest BCUT2D eigenvalue weighted by Crippen LogP contribution is 2.34. The lowest BCUT2D eigenvalue weighted by Gasteiger charge is -2.13. The molecule has 0 aliphatic rings. The molecule has 2 N–H and O–H groups in total. The first-order chi connectivity index (χ1) is 9.68. The molecule has 0 bridgehead atoms. The van der Waals surface area contributed by atoms with Gasteiger partial charge in [-0.1, -0.05) is 0 Å². The summed E-state index contributed by atoms with van der Waals surface area (Å²) in [7, 11) is 0. The Hall–Kier alpha value is -2.49. The minimum Gasteiger partial charge on any atom is -0.384 e. The van der Waals surface area contributed by atoms with Crippen LogP contribution < -0.4 is 5.73 Å². The number of alkyl halides is 3. The van der Waals surface area contributed by atoms with Crippen molar-refractivity contribution in [1.82, 2.24) is 4.57 Å². The molecule has 2 aromatic rings. The standard InChI is InChI=1S/C14H11F4N3/c1-7-8(2)21(13(20)10(7)6-19)12-5-9(14(16,17)18)3-4-11(12)15/h3-5H,20H2,1-2H3. The van der Waals surface area contributed by atoms with Crippen LogP contribution in [-0.4, -0.2) is 4.57 Å². The third-order valence-electron chi connectivity index (χ3n) is 3.38. The Morgan fingerprint density at radius 3 is 2.33 bits per heavy atom. The molecule has 0 radical (unpaired) electrons. The van der Waals surface area contributed by atoms with E-state index >= 15 is 0 Å². The Balaban J connectivity index is 2.77. The lowest BCUT2D eigenvalue weighted by Crippen LogP contribution is -2.10. The van der Waals surface area contributed by atoms with Crippen LogP contribution in [0.1, 0.15) is 22.4 Å². The van der Waals surface area contributed by atoms with E-state index in [0.29, 0.717) is 23.4 Å². The van der Waals surface area contributed by atoms with E-state index in [1.807, 2.05) is 6.07 Å². The Labute approximate surface area is 118 Å². The summed E-state index contributed by atoms with van der Waals surface area (Å²) in [6, 6.07) is 3.94. The van der Waals surface area contributed by atoms with Gasteiger partial charge in [-0.15, -0.1) is 0 Å². The monoisotopic (exact) mass is 297 g/mol. The van der Waals surface area contributed by atoms with Gasteiger partial charge in [-0.2, -0.15) is 18.4 Å². The highest BCUT2D eigenvalue weighted by Gasteiger charge is 2.32. The zero-order chi connectivity index (χ0) is 15.9. The number of anilines is 1. The maximum Gasteiger partial charge on any atom is 0.416 e. The Morgan fingerprint density at radius 2 is 1.86 bits per heavy atom. The fraction of sp³-hybridized carbons (Fsp3) is 0.214. The summed E-state index contributed by atoms with van der Waals surface area (Å²) in [6.45, 7) is 3.17. The van der Waals surface area contributed by atoms with Crippen molar-refractivity contribution in [2.45, 2.75) is 20.0 Å². The molecular weight excluding hydrogens is 286 g/mol. The number of aromatic nitrogens is 1. The van der Waals surface area contributed by atoms with Gasteiger partial charge in [0.1, 0.15) is 17.7 Å². The molecular formula is C14H11F4N3. The zero-order valence-electron chi connectivity index (χ0n) is 11.2. The van der Waals surface area contributed by atoms with E-state index in [-0.39, 0.29) is 17.1 Å². The van der Waals surface area contributed by atoms with E-state index in [1.165, 1.54) is 0 Å². The highest BCUT2D eigenvalue weighted by atomic mass is 19.4. The molecule has 1 aromatic carbocycles. The van der Waals surface area contributed by atoms with E-state index < -0.39 is 17.6 Å². The number of halogens is 4. The molecule has 1 heterocycles. The summed E-state index contributed by atoms with van der Waals surface area (Å²) in [5.41, 5.74) is 5.51. The fourth-order valence-electron chi connectivity index (χ4n) is 2.15. The van der Waals surface area contributed by atoms with Crippen molar-refractivity contribution in [3.05, 3.63) is 46.4 Å². The molecule has 0 saturated carbocycles. The Kier molecular flexibility index (Phi) is 3.41. The van der Waals surface area contributed by atoms with Crippen molar-refractivity contribution >= 4 is 5.82 Å². The molecule has 0 spiro atoms. The predicted molar refractivity (Wildman–Crippen MR) is 69.3 cm³/mol. The van der Waals surface area contributed by atoms with Crippen LogP contribution in [-0.2, 0) is 6.18 Å². The predicted octanol–water partition coefficient (Wildman–Crippen LogP) is 3.71. The van der Waals surface area contributed by atoms with Gasteiger partial charge in [0, 0.05) is 5.69 Å². The van der Waals surface area contributed by atoms with Crippen molar-refractivity contribution in [2.75, 3.05) is 5.73 Å². The quantitative estimate of drug-likeness (QED) is 0.816. The molecule has 0 fully saturated rings. The highest BCUT2D eigenvalue weighted by molar-refractivity contribution is 5.62. The van der Waals surface area contributed by atoms with Gasteiger partial charge in [0.25, 0.3) is 0 Å². The van der Waals surface area contributed by atoms with Crippen LogP contribution in [0.4, 0.5) is 23.4 Å². The molecule has 0 saturated heterocycles. The maximum atomic E-state index is 13.9. The van der Waals surface area contributed by atoms with Crippen LogP contribution in [0.25, 0.3) is 5.69 Å². The van der Waals surface area contributed by atoms with Gasteiger partial charge in [0.2, 0.25) is 0 Å². The van der Waals surface area contributed by atoms with Crippen LogP contribution in [0.3, 0.4) is 0 Å². The van der Waals surface area contributed by atoms with Gasteiger partial charge in [-0.25, -0.2) is 4.39 Å². The van der Waals surface area contributed by atoms with E-state index in [2.05, 4.69) is 0 Å². The van der Waals surface area contributed by atoms with Crippen LogP contribution in [0, 0.1) is 31.0 Å². The second kappa shape index (κ2) is 4.81. The molecule has 0 atom stereocenters. The molecule has 1 aromatic heterocycles. The molecule has 0 aliphatic carbocycles. The minimum absolute atomic E-state index is 0.0780. The molecule has 21 heavy (non-hydrogen) atoms. The van der Waals surface area contributed by atoms with Crippen molar-refractivity contribution in [2.24, 2.45) is 0 Å². The van der Waals surface area contributed by atoms with Gasteiger partial charge in [0.15, 0.2) is 0 Å². The lowest BCUT2D eigenvalue weighted by molar-refractivity contribution is -0.137. The van der Waals surface area contributed by atoms with Crippen molar-refractivity contribution < 1.29 is 17.6 Å². The Bertz CT molecular complexity index is 751. The molecule has 0 aliphatic heterocycles. The smallest absolute Gasteiger partial charge is 0.384 e. The molecule has 0 unspecified atom stereocenters. The van der Waals surface area contributed by atoms with E-state index in [0.717, 1.165) is 10.6 Å². The van der Waals surface area contributed by atoms with Gasteiger partial charge < -0.3 is 5.73 Å². The number of benzene rings is 1. The van der Waals surface area contributed by atoms with Gasteiger partial charge in [0.05, 0.1) is 16.8 Å². The van der Waals surface area contributed by atoms with Gasteiger partial charge in [-0.05, 0) is 37.6 Å². The number of nitrogen functional groups attached to an aromatic ring is 1. The summed E-state index contributed by atoms with van der Waals surface area (Å²) >= 11 is 0. The average Bonchev–Trinajstić information content (AvgIpc) is 2.60. The second-order valence-corrected chi connectivity index (χ2v) is 4.58. The lowest BCUT2D eigenvalue weighted by atomic mass is 10.1. The molecule has 0 amide bonds. The third-order valence-corrected chi connectivity index (χ3v) is 3.38. The third kappa shape index (κ3) is 2.33. The van der Waals surface area contributed by atoms with E-state index in [1.54, 1.807) is 13.8 Å². The van der Waals surface area contributed by atoms with Crippen LogP contribution in [0.5, 0.6) is 0 Å². The van der Waals surface area contributed by atoms with E-state index in [9.17, 15) is 17.6 Å². The zero-order valence-corrected chi connectivity index (χ0v) is 11.2. The van der Waals surface area contributed by atoms with Crippen molar-refractivity contribution in [3.8, 4) is 11.8 Å². The molecule has 110 valence electrons. The van der Waals surface area contributed by atoms with E-state index in [4.69, 9.17) is 11.0 Å². The summed E-state index contributed by atoms with van der Waals surface area (Å²) < 4.78 is 53.3. The van der Waals surface area contributed by atoms with Crippen molar-refractivity contribution in [3.63, 3.8) is 0 Å². The van der Waals surface area contributed by atoms with Gasteiger partial charge >= 0.3 is 6.18 Å². The average molecular weight is 297 g/mol. The first kappa shape index (κ1) is 14.9. The fourth-order valence-corrected chi connectivity index (χ4v) is 2.15. The Morgan fingerprint density at radius 1 is 1.24 bits per heavy atom. The first-order valence-corrected chi connectivity index (χ1v) is 5.93. The maximum absolute atomic E-state index is 13.9. The summed E-state index contributed by atoms with van der Waals surface area (Å²) in [5.74, 6) is -0.928. The minimum atomic E-state index is -4.59. The summed E-state index contributed by atoms with van der Waals surface area (Å²) in [6.07, 6.45) is -4.59. The second-order valence-electron chi connectivity index (χ2n) is 4.58. The van der Waals surface area contributed by atoms with Crippen molar-refractivity contribution in [1.29, 1.82) is 5.26 Å². The topological polar surface area (TPSA) is 54.7 Å². The first-order valence-electron chi connectivity index (χ1n) is 5.93. The normalized spacial score (nSPS) is 11.5. The van der Waals surface area contributed by atoms with Gasteiger partial charge in [-0.3, -0.25) is 4.57 Å². The molecule has 7 heteroatoms. The van der Waals surface area contributed by atoms with Crippen LogP contribution >= 0.6 is 0 Å². The summed E-state index contributed by atoms with van der Waals surface area (Å²) in [4.78, 5) is 0. The SMILES string of the molecule is Cc1c(C#N)c(N)n(-c2cc(C(F)(F)F)ccc2F)c1C.